The molecule has 0 aliphatic carbocycles. The number of amides is 2. The number of hydrogen-bond donors (Lipinski definition) is 1. The third kappa shape index (κ3) is 6.52. The van der Waals surface area contributed by atoms with Crippen molar-refractivity contribution in [1.29, 1.82) is 0 Å². The van der Waals surface area contributed by atoms with Crippen LogP contribution in [0.3, 0.4) is 0 Å². The number of carbonyl (C=O) groups excluding carboxylic acids is 3. The lowest BCUT2D eigenvalue weighted by Gasteiger charge is -2.29. The summed E-state index contributed by atoms with van der Waals surface area (Å²) in [5.41, 5.74) is 0.831. The number of benzene rings is 1. The Labute approximate surface area is 170 Å². The zero-order valence-corrected chi connectivity index (χ0v) is 17.0. The maximum Gasteiger partial charge on any atom is 0.408 e. The number of rotatable bonds is 9. The zero-order valence-electron chi connectivity index (χ0n) is 17.0. The molecule has 0 radical (unpaired) electrons. The molecule has 1 aliphatic heterocycles. The van der Waals surface area contributed by atoms with E-state index >= 15 is 0 Å². The lowest BCUT2D eigenvalue weighted by atomic mass is 10.0. The molecule has 160 valence electrons. The van der Waals surface area contributed by atoms with Gasteiger partial charge in [-0.1, -0.05) is 44.2 Å². The van der Waals surface area contributed by atoms with Crippen molar-refractivity contribution in [3.8, 4) is 0 Å². The van der Waals surface area contributed by atoms with E-state index in [1.807, 2.05) is 44.2 Å². The van der Waals surface area contributed by atoms with Gasteiger partial charge in [-0.15, -0.1) is 0 Å². The minimum absolute atomic E-state index is 0.0868. The highest BCUT2D eigenvalue weighted by molar-refractivity contribution is 5.86. The molecule has 0 unspecified atom stereocenters. The second kappa shape index (κ2) is 10.9. The molecular weight excluding hydrogens is 379 g/mol. The summed E-state index contributed by atoms with van der Waals surface area (Å²) in [6, 6.07) is 7.82. The van der Waals surface area contributed by atoms with E-state index in [9.17, 15) is 18.8 Å². The van der Waals surface area contributed by atoms with E-state index in [0.29, 0.717) is 12.7 Å². The monoisotopic (exact) mass is 408 g/mol. The molecule has 0 aromatic heterocycles. The summed E-state index contributed by atoms with van der Waals surface area (Å²) in [6.45, 7) is 5.25. The molecule has 1 N–H and O–H groups in total. The first kappa shape index (κ1) is 22.8. The van der Waals surface area contributed by atoms with E-state index in [1.54, 1.807) is 6.92 Å². The Kier molecular flexibility index (Phi) is 8.57. The van der Waals surface area contributed by atoms with Crippen LogP contribution in [0.15, 0.2) is 30.3 Å². The van der Waals surface area contributed by atoms with E-state index < -0.39 is 30.5 Å². The number of hydrogen-bond acceptors (Lipinski definition) is 5. The van der Waals surface area contributed by atoms with Crippen molar-refractivity contribution in [2.45, 2.75) is 58.2 Å². The smallest absolute Gasteiger partial charge is 0.408 e. The van der Waals surface area contributed by atoms with E-state index in [-0.39, 0.29) is 31.6 Å². The standard InChI is InChI=1S/C21H29FN2O5/c1-14(2)11-18(23-21(27)29-13-16-7-5-4-6-8-16)20(26)24-12-17(22)19(15(24)3)28-10-9-25/h4-9,14-15,17-19H,10-13H2,1-3H3,(H,23,27)/t15-,17+,18+,19+/m1/s1. The van der Waals surface area contributed by atoms with Crippen LogP contribution in [0.4, 0.5) is 9.18 Å². The summed E-state index contributed by atoms with van der Waals surface area (Å²) in [5, 5.41) is 2.62. The van der Waals surface area contributed by atoms with Gasteiger partial charge in [0.25, 0.3) is 0 Å². The second-order valence-electron chi connectivity index (χ2n) is 7.60. The quantitative estimate of drug-likeness (QED) is 0.635. The lowest BCUT2D eigenvalue weighted by Crippen LogP contribution is -2.51. The second-order valence-corrected chi connectivity index (χ2v) is 7.60. The number of likely N-dealkylation sites (tertiary alicyclic amines) is 1. The van der Waals surface area contributed by atoms with Crippen LogP contribution < -0.4 is 5.32 Å². The predicted octanol–water partition coefficient (Wildman–Crippen LogP) is 2.48. The molecule has 0 bridgehead atoms. The van der Waals surface area contributed by atoms with Gasteiger partial charge < -0.3 is 24.5 Å². The Morgan fingerprint density at radius 2 is 2.00 bits per heavy atom. The fraction of sp³-hybridized carbons (Fsp3) is 0.571. The highest BCUT2D eigenvalue weighted by Gasteiger charge is 2.44. The zero-order chi connectivity index (χ0) is 21.4. The van der Waals surface area contributed by atoms with Crippen molar-refractivity contribution >= 4 is 18.3 Å². The van der Waals surface area contributed by atoms with Gasteiger partial charge in [0.1, 0.15) is 37.8 Å². The van der Waals surface area contributed by atoms with Crippen molar-refractivity contribution in [3.05, 3.63) is 35.9 Å². The average molecular weight is 408 g/mol. The molecule has 2 rings (SSSR count). The largest absolute Gasteiger partial charge is 0.445 e. The van der Waals surface area contributed by atoms with Gasteiger partial charge in [0, 0.05) is 0 Å². The summed E-state index contributed by atoms with van der Waals surface area (Å²) in [6.07, 6.45) is -2.02. The molecule has 29 heavy (non-hydrogen) atoms. The Balaban J connectivity index is 2.00. The average Bonchev–Trinajstić information content (AvgIpc) is 2.97. The maximum absolute atomic E-state index is 14.3. The predicted molar refractivity (Wildman–Crippen MR) is 105 cm³/mol. The normalized spacial score (nSPS) is 22.4. The van der Waals surface area contributed by atoms with Crippen LogP contribution in [0, 0.1) is 5.92 Å². The van der Waals surface area contributed by atoms with Gasteiger partial charge >= 0.3 is 6.09 Å². The fourth-order valence-electron chi connectivity index (χ4n) is 3.42. The third-order valence-corrected chi connectivity index (χ3v) is 4.84. The van der Waals surface area contributed by atoms with Crippen LogP contribution in [0.2, 0.25) is 0 Å². The SMILES string of the molecule is CC(C)C[C@H](NC(=O)OCc1ccccc1)C(=O)N1C[C@H](F)[C@@H](OCC=O)[C@H]1C. The molecule has 0 saturated carbocycles. The van der Waals surface area contributed by atoms with Crippen LogP contribution in [0.5, 0.6) is 0 Å². The molecule has 7 nitrogen and oxygen atoms in total. The van der Waals surface area contributed by atoms with Crippen LogP contribution >= 0.6 is 0 Å². The molecule has 1 aromatic carbocycles. The van der Waals surface area contributed by atoms with Gasteiger partial charge in [-0.25, -0.2) is 9.18 Å². The number of halogens is 1. The van der Waals surface area contributed by atoms with Crippen LogP contribution in [0.1, 0.15) is 32.8 Å². The van der Waals surface area contributed by atoms with Gasteiger partial charge in [-0.05, 0) is 24.8 Å². The number of ether oxygens (including phenoxy) is 2. The minimum Gasteiger partial charge on any atom is -0.445 e. The first-order chi connectivity index (χ1) is 13.8. The van der Waals surface area contributed by atoms with Gasteiger partial charge in [0.2, 0.25) is 5.91 Å². The number of nitrogens with one attached hydrogen (secondary N) is 1. The van der Waals surface area contributed by atoms with Crippen LogP contribution in [-0.4, -0.2) is 60.7 Å². The van der Waals surface area contributed by atoms with E-state index in [2.05, 4.69) is 5.32 Å². The molecular formula is C21H29FN2O5. The van der Waals surface area contributed by atoms with Crippen LogP contribution in [0.25, 0.3) is 0 Å². The molecule has 0 spiro atoms. The summed E-state index contributed by atoms with van der Waals surface area (Å²) in [7, 11) is 0. The van der Waals surface area contributed by atoms with Gasteiger partial charge in [-0.3, -0.25) is 4.79 Å². The van der Waals surface area contributed by atoms with Crippen molar-refractivity contribution in [2.75, 3.05) is 13.2 Å². The summed E-state index contributed by atoms with van der Waals surface area (Å²) in [4.78, 5) is 37.1. The minimum atomic E-state index is -1.39. The molecule has 1 fully saturated rings. The van der Waals surface area contributed by atoms with E-state index in [0.717, 1.165) is 5.56 Å². The molecule has 8 heteroatoms. The number of aldehydes is 1. The van der Waals surface area contributed by atoms with Crippen molar-refractivity contribution in [1.82, 2.24) is 10.2 Å². The number of alkyl halides is 1. The van der Waals surface area contributed by atoms with Gasteiger partial charge in [0.05, 0.1) is 12.6 Å². The third-order valence-electron chi connectivity index (χ3n) is 4.84. The molecule has 1 aromatic rings. The highest BCUT2D eigenvalue weighted by atomic mass is 19.1. The first-order valence-electron chi connectivity index (χ1n) is 9.80. The first-order valence-corrected chi connectivity index (χ1v) is 9.80. The molecule has 2 amide bonds. The topological polar surface area (TPSA) is 84.9 Å². The Bertz CT molecular complexity index is 685. The molecule has 1 saturated heterocycles. The number of carbonyl (C=O) groups is 3. The van der Waals surface area contributed by atoms with Crippen molar-refractivity contribution < 1.29 is 28.2 Å². The molecule has 1 aliphatic rings. The Hall–Kier alpha value is -2.48. The Morgan fingerprint density at radius 1 is 1.31 bits per heavy atom. The van der Waals surface area contributed by atoms with Gasteiger partial charge in [-0.2, -0.15) is 0 Å². The molecule has 1 heterocycles. The number of alkyl carbamates (subject to hydrolysis) is 1. The van der Waals surface area contributed by atoms with E-state index in [4.69, 9.17) is 9.47 Å². The highest BCUT2D eigenvalue weighted by Crippen LogP contribution is 2.25. The van der Waals surface area contributed by atoms with Crippen molar-refractivity contribution in [2.24, 2.45) is 5.92 Å². The summed E-state index contributed by atoms with van der Waals surface area (Å²) in [5.74, 6) is -0.262. The fourth-order valence-corrected chi connectivity index (χ4v) is 3.42. The molecule has 4 atom stereocenters. The maximum atomic E-state index is 14.3. The van der Waals surface area contributed by atoms with E-state index in [1.165, 1.54) is 4.90 Å². The van der Waals surface area contributed by atoms with Crippen molar-refractivity contribution in [3.63, 3.8) is 0 Å². The number of nitrogens with zero attached hydrogens (tertiary/aromatic N) is 1. The van der Waals surface area contributed by atoms with Crippen LogP contribution in [-0.2, 0) is 25.7 Å². The van der Waals surface area contributed by atoms with Gasteiger partial charge in [0.15, 0.2) is 0 Å². The Morgan fingerprint density at radius 3 is 2.62 bits per heavy atom. The summed E-state index contributed by atoms with van der Waals surface area (Å²) < 4.78 is 24.8. The lowest BCUT2D eigenvalue weighted by molar-refractivity contribution is -0.135. The summed E-state index contributed by atoms with van der Waals surface area (Å²) >= 11 is 0.